The monoisotopic (exact) mass is 444 g/mol. The number of anilines is 1. The molecule has 5 aromatic rings. The molecule has 7 heteroatoms. The number of nitrogens with zero attached hydrogens (tertiary/aromatic N) is 1. The molecule has 0 unspecified atom stereocenters. The average Bonchev–Trinajstić information content (AvgIpc) is 3.46. The normalized spacial score (nSPS) is 10.9. The molecule has 1 amide bonds. The minimum absolute atomic E-state index is 0.126. The summed E-state index contributed by atoms with van der Waals surface area (Å²) in [6, 6.07) is 24.4. The Kier molecular flexibility index (Phi) is 5.39. The van der Waals surface area contributed by atoms with E-state index in [1.807, 2.05) is 48.5 Å². The van der Waals surface area contributed by atoms with Gasteiger partial charge in [0.2, 0.25) is 0 Å². The molecule has 0 saturated heterocycles. The lowest BCUT2D eigenvalue weighted by molar-refractivity contribution is 0.0992. The first-order chi connectivity index (χ1) is 15.7. The molecule has 1 N–H and O–H groups in total. The van der Waals surface area contributed by atoms with E-state index >= 15 is 0 Å². The fourth-order valence-electron chi connectivity index (χ4n) is 3.21. The van der Waals surface area contributed by atoms with Crippen LogP contribution in [-0.2, 0) is 6.61 Å². The van der Waals surface area contributed by atoms with Crippen molar-refractivity contribution in [2.24, 2.45) is 0 Å². The lowest BCUT2D eigenvalue weighted by Crippen LogP contribution is -2.11. The van der Waals surface area contributed by atoms with E-state index in [0.29, 0.717) is 17.2 Å². The van der Waals surface area contributed by atoms with E-state index in [4.69, 9.17) is 14.1 Å². The third-order valence-corrected chi connectivity index (χ3v) is 5.85. The van der Waals surface area contributed by atoms with Gasteiger partial charge in [0.05, 0.1) is 15.9 Å². The van der Waals surface area contributed by atoms with Crippen molar-refractivity contribution in [3.8, 4) is 16.3 Å². The summed E-state index contributed by atoms with van der Waals surface area (Å²) in [7, 11) is 0. The van der Waals surface area contributed by atoms with Gasteiger partial charge in [-0.15, -0.1) is 11.3 Å². The minimum Gasteiger partial charge on any atom is -0.486 e. The molecule has 0 aliphatic carbocycles. The minimum atomic E-state index is -0.369. The van der Waals surface area contributed by atoms with Crippen molar-refractivity contribution in [1.29, 1.82) is 0 Å². The van der Waals surface area contributed by atoms with Crippen LogP contribution in [0.2, 0.25) is 0 Å². The molecule has 2 aromatic heterocycles. The highest BCUT2D eigenvalue weighted by atomic mass is 32.1. The number of halogens is 1. The third kappa shape index (κ3) is 4.24. The molecule has 0 saturated carbocycles. The molecule has 0 aliphatic rings. The predicted octanol–water partition coefficient (Wildman–Crippen LogP) is 6.53. The van der Waals surface area contributed by atoms with Crippen LogP contribution in [0.25, 0.3) is 20.8 Å². The Bertz CT molecular complexity index is 1360. The fourth-order valence-corrected chi connectivity index (χ4v) is 4.22. The summed E-state index contributed by atoms with van der Waals surface area (Å²) in [5.41, 5.74) is 2.41. The maximum atomic E-state index is 13.0. The maximum absolute atomic E-state index is 13.0. The van der Waals surface area contributed by atoms with Crippen LogP contribution in [0.3, 0.4) is 0 Å². The predicted molar refractivity (Wildman–Crippen MR) is 122 cm³/mol. The van der Waals surface area contributed by atoms with E-state index in [0.717, 1.165) is 20.8 Å². The largest absolute Gasteiger partial charge is 0.486 e. The lowest BCUT2D eigenvalue weighted by Gasteiger charge is -2.08. The average molecular weight is 444 g/mol. The molecular formula is C25H17FN2O3S. The van der Waals surface area contributed by atoms with Crippen molar-refractivity contribution in [2.75, 3.05) is 5.32 Å². The maximum Gasteiger partial charge on any atom is 0.291 e. The van der Waals surface area contributed by atoms with Crippen LogP contribution in [0, 0.1) is 5.82 Å². The topological polar surface area (TPSA) is 64.4 Å². The lowest BCUT2D eigenvalue weighted by atomic mass is 10.2. The second-order valence-corrected chi connectivity index (χ2v) is 8.03. The van der Waals surface area contributed by atoms with Crippen molar-refractivity contribution < 1.29 is 18.3 Å². The highest BCUT2D eigenvalue weighted by Gasteiger charge is 2.16. The van der Waals surface area contributed by atoms with Crippen LogP contribution >= 0.6 is 11.3 Å². The number of furan rings is 1. The smallest absolute Gasteiger partial charge is 0.291 e. The van der Waals surface area contributed by atoms with Crippen molar-refractivity contribution in [3.05, 3.63) is 102 Å². The van der Waals surface area contributed by atoms with Gasteiger partial charge in [0.25, 0.3) is 5.91 Å². The Hall–Kier alpha value is -3.97. The number of benzene rings is 3. The standard InChI is InChI=1S/C25H17FN2O3S/c26-16-9-11-17(12-10-16)30-15-18-13-14-22(31-18)24(29)27-20-6-2-1-5-19(20)25-28-21-7-3-4-8-23(21)32-25/h1-14H,15H2,(H,27,29). The van der Waals surface area contributed by atoms with Crippen LogP contribution in [0.1, 0.15) is 16.3 Å². The SMILES string of the molecule is O=C(Nc1ccccc1-c1nc2ccccc2s1)c1ccc(COc2ccc(F)cc2)o1. The van der Waals surface area contributed by atoms with Gasteiger partial charge in [-0.05, 0) is 60.7 Å². The Balaban J connectivity index is 1.31. The zero-order chi connectivity index (χ0) is 21.9. The van der Waals surface area contributed by atoms with Crippen molar-refractivity contribution in [3.63, 3.8) is 0 Å². The number of para-hydroxylation sites is 2. The first kappa shape index (κ1) is 20.0. The first-order valence-electron chi connectivity index (χ1n) is 9.89. The molecule has 0 spiro atoms. The number of aromatic nitrogens is 1. The van der Waals surface area contributed by atoms with Crippen molar-refractivity contribution >= 4 is 33.1 Å². The molecule has 0 fully saturated rings. The van der Waals surface area contributed by atoms with Crippen LogP contribution < -0.4 is 10.1 Å². The van der Waals surface area contributed by atoms with Gasteiger partial charge in [-0.25, -0.2) is 9.37 Å². The number of carbonyl (C=O) groups is 1. The van der Waals surface area contributed by atoms with Crippen LogP contribution in [0.15, 0.2) is 89.3 Å². The van der Waals surface area contributed by atoms with Gasteiger partial charge in [0.15, 0.2) is 5.76 Å². The molecule has 3 aromatic carbocycles. The molecule has 2 heterocycles. The Morgan fingerprint density at radius 2 is 1.75 bits per heavy atom. The Morgan fingerprint density at radius 1 is 0.969 bits per heavy atom. The number of fused-ring (bicyclic) bond motifs is 1. The number of carbonyl (C=O) groups excluding carboxylic acids is 1. The van der Waals surface area contributed by atoms with Crippen LogP contribution in [-0.4, -0.2) is 10.9 Å². The van der Waals surface area contributed by atoms with Gasteiger partial charge in [-0.1, -0.05) is 24.3 Å². The fraction of sp³-hybridized carbons (Fsp3) is 0.0400. The van der Waals surface area contributed by atoms with Gasteiger partial charge in [-0.2, -0.15) is 0 Å². The number of amides is 1. The Labute approximate surface area is 187 Å². The van der Waals surface area contributed by atoms with Crippen LogP contribution in [0.5, 0.6) is 5.75 Å². The second kappa shape index (κ2) is 8.64. The summed E-state index contributed by atoms with van der Waals surface area (Å²) in [6.07, 6.45) is 0. The number of rotatable bonds is 6. The first-order valence-corrected chi connectivity index (χ1v) is 10.7. The highest BCUT2D eigenvalue weighted by Crippen LogP contribution is 2.34. The van der Waals surface area contributed by atoms with Gasteiger partial charge >= 0.3 is 0 Å². The van der Waals surface area contributed by atoms with E-state index in [-0.39, 0.29) is 24.1 Å². The summed E-state index contributed by atoms with van der Waals surface area (Å²) in [6.45, 7) is 0.126. The zero-order valence-electron chi connectivity index (χ0n) is 16.7. The molecule has 0 bridgehead atoms. The summed E-state index contributed by atoms with van der Waals surface area (Å²) < 4.78 is 25.3. The van der Waals surface area contributed by atoms with Crippen molar-refractivity contribution in [2.45, 2.75) is 6.61 Å². The highest BCUT2D eigenvalue weighted by molar-refractivity contribution is 7.21. The molecule has 32 heavy (non-hydrogen) atoms. The molecule has 0 atom stereocenters. The van der Waals surface area contributed by atoms with Gasteiger partial charge in [0, 0.05) is 5.56 Å². The molecule has 5 nitrogen and oxygen atoms in total. The van der Waals surface area contributed by atoms with E-state index in [2.05, 4.69) is 5.32 Å². The third-order valence-electron chi connectivity index (χ3n) is 4.78. The van der Waals surface area contributed by atoms with E-state index < -0.39 is 0 Å². The molecular weight excluding hydrogens is 427 g/mol. The van der Waals surface area contributed by atoms with Crippen LogP contribution in [0.4, 0.5) is 10.1 Å². The summed E-state index contributed by atoms with van der Waals surface area (Å²) in [5, 5.41) is 3.74. The van der Waals surface area contributed by atoms with E-state index in [9.17, 15) is 9.18 Å². The number of hydrogen-bond acceptors (Lipinski definition) is 5. The molecule has 0 aliphatic heterocycles. The zero-order valence-corrected chi connectivity index (χ0v) is 17.6. The van der Waals surface area contributed by atoms with Gasteiger partial charge < -0.3 is 14.5 Å². The second-order valence-electron chi connectivity index (χ2n) is 7.00. The summed E-state index contributed by atoms with van der Waals surface area (Å²) >= 11 is 1.57. The summed E-state index contributed by atoms with van der Waals surface area (Å²) in [4.78, 5) is 17.5. The molecule has 0 radical (unpaired) electrons. The Morgan fingerprint density at radius 3 is 2.59 bits per heavy atom. The summed E-state index contributed by atoms with van der Waals surface area (Å²) in [5.74, 6) is 0.464. The van der Waals surface area contributed by atoms with E-state index in [1.165, 1.54) is 24.3 Å². The quantitative estimate of drug-likeness (QED) is 0.324. The number of ether oxygens (including phenoxy) is 1. The number of hydrogen-bond donors (Lipinski definition) is 1. The van der Waals surface area contributed by atoms with Gasteiger partial charge in [0.1, 0.15) is 28.9 Å². The molecule has 158 valence electrons. The van der Waals surface area contributed by atoms with Crippen molar-refractivity contribution in [1.82, 2.24) is 4.98 Å². The van der Waals surface area contributed by atoms with E-state index in [1.54, 1.807) is 23.5 Å². The van der Waals surface area contributed by atoms with Gasteiger partial charge in [-0.3, -0.25) is 4.79 Å². The molecule has 5 rings (SSSR count). The number of nitrogens with one attached hydrogen (secondary N) is 1. The number of thiazole rings is 1.